The van der Waals surface area contributed by atoms with Gasteiger partial charge in [-0.25, -0.2) is 9.80 Å². The zero-order valence-electron chi connectivity index (χ0n) is 20.4. The van der Waals surface area contributed by atoms with E-state index in [0.29, 0.717) is 11.1 Å². The normalized spacial score (nSPS) is 20.6. The number of fused-ring (bicyclic) bond motifs is 1. The van der Waals surface area contributed by atoms with Crippen molar-refractivity contribution in [2.24, 2.45) is 0 Å². The Bertz CT molecular complexity index is 1410. The smallest absolute Gasteiger partial charge is 0.337 e. The van der Waals surface area contributed by atoms with Gasteiger partial charge in [-0.05, 0) is 30.2 Å². The average molecular weight is 513 g/mol. The molecule has 0 saturated carbocycles. The standard InChI is InChI=1S/C28H24N4O6/c1-2-38-28(35)22-17-30-27(34)23(29-26(33)20-11-7-4-8-12-20)25(18-9-5-3-6-10-18)31(30)24(22)19-13-15-21(16-14-19)32(36)37/h3-17,23-25H,2H2,1H3,(H,29,33)/t23-,24+,25-/m1/s1. The molecule has 3 aromatic carbocycles. The van der Waals surface area contributed by atoms with E-state index >= 15 is 0 Å². The monoisotopic (exact) mass is 512 g/mol. The first-order chi connectivity index (χ1) is 18.4. The summed E-state index contributed by atoms with van der Waals surface area (Å²) >= 11 is 0. The molecule has 38 heavy (non-hydrogen) atoms. The van der Waals surface area contributed by atoms with Crippen LogP contribution in [0.25, 0.3) is 0 Å². The van der Waals surface area contributed by atoms with Gasteiger partial charge in [0.25, 0.3) is 17.5 Å². The fourth-order valence-corrected chi connectivity index (χ4v) is 4.88. The van der Waals surface area contributed by atoms with Gasteiger partial charge in [0.15, 0.2) is 0 Å². The summed E-state index contributed by atoms with van der Waals surface area (Å²) in [6.07, 6.45) is 1.43. The van der Waals surface area contributed by atoms with E-state index in [4.69, 9.17) is 4.74 Å². The summed E-state index contributed by atoms with van der Waals surface area (Å²) in [5, 5.41) is 17.2. The van der Waals surface area contributed by atoms with E-state index < -0.39 is 40.8 Å². The molecule has 0 aromatic heterocycles. The first-order valence-corrected chi connectivity index (χ1v) is 12.1. The largest absolute Gasteiger partial charge is 0.463 e. The Morgan fingerprint density at radius 1 is 0.947 bits per heavy atom. The Morgan fingerprint density at radius 2 is 1.58 bits per heavy atom. The average Bonchev–Trinajstić information content (AvgIpc) is 3.45. The number of hydrogen-bond acceptors (Lipinski definition) is 7. The summed E-state index contributed by atoms with van der Waals surface area (Å²) in [5.41, 5.74) is 1.82. The molecule has 0 aliphatic carbocycles. The molecule has 2 heterocycles. The van der Waals surface area contributed by atoms with Crippen LogP contribution in [-0.4, -0.2) is 45.4 Å². The molecule has 0 unspecified atom stereocenters. The Morgan fingerprint density at radius 3 is 2.18 bits per heavy atom. The second-order valence-corrected chi connectivity index (χ2v) is 8.79. The lowest BCUT2D eigenvalue weighted by Gasteiger charge is -2.33. The van der Waals surface area contributed by atoms with Crippen molar-refractivity contribution in [1.29, 1.82) is 0 Å². The molecule has 3 atom stereocenters. The maximum atomic E-state index is 13.8. The molecule has 192 valence electrons. The Kier molecular flexibility index (Phi) is 6.71. The molecule has 0 bridgehead atoms. The van der Waals surface area contributed by atoms with Crippen LogP contribution in [0.5, 0.6) is 0 Å². The highest BCUT2D eigenvalue weighted by Crippen LogP contribution is 2.48. The number of hydrazine groups is 1. The molecule has 0 radical (unpaired) electrons. The summed E-state index contributed by atoms with van der Waals surface area (Å²) in [6, 6.07) is 21.2. The second-order valence-electron chi connectivity index (χ2n) is 8.79. The highest BCUT2D eigenvalue weighted by molar-refractivity contribution is 5.99. The van der Waals surface area contributed by atoms with E-state index in [1.807, 2.05) is 30.3 Å². The van der Waals surface area contributed by atoms with E-state index in [0.717, 1.165) is 5.56 Å². The zero-order valence-corrected chi connectivity index (χ0v) is 20.4. The van der Waals surface area contributed by atoms with Crippen molar-refractivity contribution in [2.45, 2.75) is 25.0 Å². The van der Waals surface area contributed by atoms with Crippen molar-refractivity contribution in [3.8, 4) is 0 Å². The second kappa shape index (κ2) is 10.3. The third-order valence-corrected chi connectivity index (χ3v) is 6.56. The van der Waals surface area contributed by atoms with Gasteiger partial charge in [-0.2, -0.15) is 5.01 Å². The molecular weight excluding hydrogens is 488 g/mol. The van der Waals surface area contributed by atoms with Crippen LogP contribution in [0, 0.1) is 10.1 Å². The van der Waals surface area contributed by atoms with Crippen LogP contribution in [0.4, 0.5) is 5.69 Å². The number of ether oxygens (including phenoxy) is 1. The number of benzene rings is 3. The zero-order chi connectivity index (χ0) is 26.8. The summed E-state index contributed by atoms with van der Waals surface area (Å²) < 4.78 is 5.28. The van der Waals surface area contributed by atoms with Gasteiger partial charge in [0.05, 0.1) is 29.2 Å². The molecule has 5 rings (SSSR count). The lowest BCUT2D eigenvalue weighted by atomic mass is 9.93. The quantitative estimate of drug-likeness (QED) is 0.291. The van der Waals surface area contributed by atoms with Gasteiger partial charge in [0.2, 0.25) is 0 Å². The van der Waals surface area contributed by atoms with Crippen LogP contribution in [0.3, 0.4) is 0 Å². The minimum Gasteiger partial charge on any atom is -0.463 e. The number of nitro benzene ring substituents is 1. The predicted octanol–water partition coefficient (Wildman–Crippen LogP) is 3.70. The molecular formula is C28H24N4O6. The summed E-state index contributed by atoms with van der Waals surface area (Å²) in [6.45, 7) is 1.82. The number of amides is 2. The van der Waals surface area contributed by atoms with E-state index in [9.17, 15) is 24.5 Å². The summed E-state index contributed by atoms with van der Waals surface area (Å²) in [7, 11) is 0. The number of non-ortho nitro benzene ring substituents is 1. The van der Waals surface area contributed by atoms with Gasteiger partial charge in [0, 0.05) is 23.9 Å². The van der Waals surface area contributed by atoms with E-state index in [1.165, 1.54) is 23.3 Å². The topological polar surface area (TPSA) is 122 Å². The fraction of sp³-hybridized carbons (Fsp3) is 0.179. The number of rotatable bonds is 7. The third kappa shape index (κ3) is 4.41. The molecule has 2 aliphatic heterocycles. The maximum absolute atomic E-state index is 13.8. The first kappa shape index (κ1) is 24.8. The molecule has 2 amide bonds. The molecule has 1 saturated heterocycles. The van der Waals surface area contributed by atoms with E-state index in [1.54, 1.807) is 54.4 Å². The highest BCUT2D eigenvalue weighted by Gasteiger charge is 2.55. The van der Waals surface area contributed by atoms with Gasteiger partial charge in [-0.15, -0.1) is 0 Å². The van der Waals surface area contributed by atoms with E-state index in [-0.39, 0.29) is 17.9 Å². The summed E-state index contributed by atoms with van der Waals surface area (Å²) in [5.74, 6) is -1.43. The van der Waals surface area contributed by atoms with Crippen molar-refractivity contribution in [2.75, 3.05) is 6.61 Å². The third-order valence-electron chi connectivity index (χ3n) is 6.56. The SMILES string of the molecule is CCOC(=O)C1=CN2C(=O)[C@H](NC(=O)c3ccccc3)[C@@H](c3ccccc3)N2[C@H]1c1ccc([N+](=O)[O-])cc1. The van der Waals surface area contributed by atoms with Crippen molar-refractivity contribution in [3.05, 3.63) is 124 Å². The Balaban J connectivity index is 1.60. The number of nitrogens with one attached hydrogen (secondary N) is 1. The van der Waals surface area contributed by atoms with E-state index in [2.05, 4.69) is 5.32 Å². The molecule has 1 N–H and O–H groups in total. The minimum atomic E-state index is -0.967. The number of carbonyl (C=O) groups is 3. The molecule has 10 heteroatoms. The Hall–Kier alpha value is -4.83. The van der Waals surface area contributed by atoms with Crippen LogP contribution in [0.1, 0.15) is 40.5 Å². The van der Waals surface area contributed by atoms with Crippen LogP contribution in [0.15, 0.2) is 96.7 Å². The van der Waals surface area contributed by atoms with Crippen molar-refractivity contribution in [1.82, 2.24) is 15.3 Å². The van der Waals surface area contributed by atoms with Gasteiger partial charge in [-0.1, -0.05) is 60.7 Å². The lowest BCUT2D eigenvalue weighted by molar-refractivity contribution is -0.384. The molecule has 10 nitrogen and oxygen atoms in total. The highest BCUT2D eigenvalue weighted by atomic mass is 16.6. The minimum absolute atomic E-state index is 0.102. The first-order valence-electron chi connectivity index (χ1n) is 12.1. The summed E-state index contributed by atoms with van der Waals surface area (Å²) in [4.78, 5) is 50.6. The van der Waals surface area contributed by atoms with Gasteiger partial charge in [0.1, 0.15) is 6.04 Å². The van der Waals surface area contributed by atoms with Crippen molar-refractivity contribution >= 4 is 23.5 Å². The molecule has 3 aromatic rings. The fourth-order valence-electron chi connectivity index (χ4n) is 4.88. The van der Waals surface area contributed by atoms with Gasteiger partial charge >= 0.3 is 5.97 Å². The van der Waals surface area contributed by atoms with Crippen LogP contribution >= 0.6 is 0 Å². The number of carbonyl (C=O) groups excluding carboxylic acids is 3. The van der Waals surface area contributed by atoms with Crippen LogP contribution in [-0.2, 0) is 14.3 Å². The number of esters is 1. The predicted molar refractivity (Wildman–Crippen MR) is 136 cm³/mol. The molecule has 1 fully saturated rings. The van der Waals surface area contributed by atoms with Crippen LogP contribution in [0.2, 0.25) is 0 Å². The number of hydrogen-bond donors (Lipinski definition) is 1. The molecule has 0 spiro atoms. The van der Waals surface area contributed by atoms with Crippen LogP contribution < -0.4 is 5.32 Å². The lowest BCUT2D eigenvalue weighted by Crippen LogP contribution is -2.43. The number of nitrogens with zero attached hydrogens (tertiary/aromatic N) is 3. The van der Waals surface area contributed by atoms with Gasteiger partial charge in [-0.3, -0.25) is 19.7 Å². The van der Waals surface area contributed by atoms with Gasteiger partial charge < -0.3 is 10.1 Å². The molecule has 2 aliphatic rings. The Labute approximate surface area is 218 Å². The maximum Gasteiger partial charge on any atom is 0.337 e. The van der Waals surface area contributed by atoms with Crippen molar-refractivity contribution < 1.29 is 24.0 Å². The van der Waals surface area contributed by atoms with Crippen molar-refractivity contribution in [3.63, 3.8) is 0 Å². The number of nitro groups is 1.